The van der Waals surface area contributed by atoms with Gasteiger partial charge in [0.15, 0.2) is 5.69 Å². The van der Waals surface area contributed by atoms with E-state index in [2.05, 4.69) is 17.1 Å². The molecule has 0 bridgehead atoms. The summed E-state index contributed by atoms with van der Waals surface area (Å²) < 4.78 is 5.35. The highest BCUT2D eigenvalue weighted by Crippen LogP contribution is 2.41. The first kappa shape index (κ1) is 14.2. The van der Waals surface area contributed by atoms with Crippen LogP contribution in [0.3, 0.4) is 0 Å². The number of likely N-dealkylation sites (tertiary alicyclic amines) is 2. The van der Waals surface area contributed by atoms with Crippen molar-refractivity contribution >= 4 is 5.91 Å². The van der Waals surface area contributed by atoms with Crippen LogP contribution < -0.4 is 0 Å². The van der Waals surface area contributed by atoms with Gasteiger partial charge in [0.2, 0.25) is 0 Å². The Morgan fingerprint density at radius 1 is 1.27 bits per heavy atom. The lowest BCUT2D eigenvalue weighted by Crippen LogP contribution is -2.50. The van der Waals surface area contributed by atoms with E-state index >= 15 is 0 Å². The molecule has 3 aliphatic rings. The minimum atomic E-state index is 0.0636. The predicted octanol–water partition coefficient (Wildman–Crippen LogP) is 2.50. The van der Waals surface area contributed by atoms with Crippen LogP contribution in [0.4, 0.5) is 0 Å². The Kier molecular flexibility index (Phi) is 3.48. The summed E-state index contributed by atoms with van der Waals surface area (Å²) in [6, 6.07) is 1.87. The fourth-order valence-corrected chi connectivity index (χ4v) is 3.99. The molecule has 1 saturated carbocycles. The number of aromatic nitrogens is 1. The monoisotopic (exact) mass is 303 g/mol. The molecule has 3 fully saturated rings. The zero-order valence-corrected chi connectivity index (χ0v) is 13.4. The van der Waals surface area contributed by atoms with Gasteiger partial charge in [0, 0.05) is 25.1 Å². The van der Waals surface area contributed by atoms with Crippen LogP contribution in [0.2, 0.25) is 0 Å². The third-order valence-electron chi connectivity index (χ3n) is 5.72. The Morgan fingerprint density at radius 3 is 2.77 bits per heavy atom. The summed E-state index contributed by atoms with van der Waals surface area (Å²) in [5.41, 5.74) is 0.843. The van der Waals surface area contributed by atoms with Crippen molar-refractivity contribution in [3.8, 4) is 0 Å². The molecule has 5 nitrogen and oxygen atoms in total. The lowest BCUT2D eigenvalue weighted by Gasteiger charge is -2.47. The standard InChI is InChI=1S/C17H25N3O2/c1-19-9-6-17(7-10-19)5-2-8-20(12-17)16(21)14-11-15(22-18-14)13-3-4-13/h11,13H,2-10,12H2,1H3. The highest BCUT2D eigenvalue weighted by atomic mass is 16.5. The maximum absolute atomic E-state index is 12.7. The average Bonchev–Trinajstić information content (AvgIpc) is 3.27. The highest BCUT2D eigenvalue weighted by Gasteiger charge is 2.40. The zero-order valence-electron chi connectivity index (χ0n) is 13.4. The van der Waals surface area contributed by atoms with Crippen molar-refractivity contribution in [2.45, 2.75) is 44.4 Å². The van der Waals surface area contributed by atoms with Crippen molar-refractivity contribution in [3.05, 3.63) is 17.5 Å². The molecule has 0 atom stereocenters. The van der Waals surface area contributed by atoms with Crippen LogP contribution in [0.15, 0.2) is 10.6 Å². The topological polar surface area (TPSA) is 49.6 Å². The summed E-state index contributed by atoms with van der Waals surface area (Å²) in [5, 5.41) is 4.02. The van der Waals surface area contributed by atoms with E-state index in [1.807, 2.05) is 11.0 Å². The fraction of sp³-hybridized carbons (Fsp3) is 0.765. The van der Waals surface area contributed by atoms with Crippen molar-refractivity contribution in [1.82, 2.24) is 15.0 Å². The molecule has 120 valence electrons. The first-order valence-electron chi connectivity index (χ1n) is 8.60. The Morgan fingerprint density at radius 2 is 2.05 bits per heavy atom. The van der Waals surface area contributed by atoms with Gasteiger partial charge in [-0.2, -0.15) is 0 Å². The van der Waals surface area contributed by atoms with Crippen LogP contribution >= 0.6 is 0 Å². The Balaban J connectivity index is 1.45. The van der Waals surface area contributed by atoms with E-state index < -0.39 is 0 Å². The maximum atomic E-state index is 12.7. The lowest BCUT2D eigenvalue weighted by atomic mass is 9.72. The number of hydrogen-bond acceptors (Lipinski definition) is 4. The SMILES string of the molecule is CN1CCC2(CCCN(C(=O)c3cc(C4CC4)on3)C2)CC1. The molecule has 1 aromatic heterocycles. The Bertz CT molecular complexity index is 556. The van der Waals surface area contributed by atoms with E-state index in [0.717, 1.165) is 38.4 Å². The van der Waals surface area contributed by atoms with Gasteiger partial charge in [-0.1, -0.05) is 5.16 Å². The van der Waals surface area contributed by atoms with Gasteiger partial charge < -0.3 is 14.3 Å². The summed E-state index contributed by atoms with van der Waals surface area (Å²) in [5.74, 6) is 1.47. The molecule has 22 heavy (non-hydrogen) atoms. The molecule has 5 heteroatoms. The van der Waals surface area contributed by atoms with Gasteiger partial charge in [-0.05, 0) is 64.1 Å². The van der Waals surface area contributed by atoms with E-state index in [0.29, 0.717) is 17.0 Å². The molecule has 1 aliphatic carbocycles. The van der Waals surface area contributed by atoms with Crippen molar-refractivity contribution in [3.63, 3.8) is 0 Å². The van der Waals surface area contributed by atoms with E-state index in [1.165, 1.54) is 32.1 Å². The van der Waals surface area contributed by atoms with Gasteiger partial charge in [0.05, 0.1) is 0 Å². The first-order valence-corrected chi connectivity index (χ1v) is 8.60. The molecule has 0 unspecified atom stereocenters. The average molecular weight is 303 g/mol. The number of carbonyl (C=O) groups excluding carboxylic acids is 1. The number of rotatable bonds is 2. The van der Waals surface area contributed by atoms with Crippen LogP contribution in [0.25, 0.3) is 0 Å². The maximum Gasteiger partial charge on any atom is 0.276 e. The second kappa shape index (κ2) is 5.37. The number of nitrogens with zero attached hydrogens (tertiary/aromatic N) is 3. The van der Waals surface area contributed by atoms with Crippen molar-refractivity contribution in [2.24, 2.45) is 5.41 Å². The third-order valence-corrected chi connectivity index (χ3v) is 5.72. The fourth-order valence-electron chi connectivity index (χ4n) is 3.99. The summed E-state index contributed by atoms with van der Waals surface area (Å²) >= 11 is 0. The molecule has 3 heterocycles. The van der Waals surface area contributed by atoms with Gasteiger partial charge in [-0.3, -0.25) is 4.79 Å². The van der Waals surface area contributed by atoms with E-state index in [4.69, 9.17) is 4.52 Å². The van der Waals surface area contributed by atoms with Crippen LogP contribution in [-0.2, 0) is 0 Å². The molecule has 1 aromatic rings. The largest absolute Gasteiger partial charge is 0.360 e. The van der Waals surface area contributed by atoms with Gasteiger partial charge in [-0.15, -0.1) is 0 Å². The molecule has 0 radical (unpaired) electrons. The minimum absolute atomic E-state index is 0.0636. The van der Waals surface area contributed by atoms with Crippen LogP contribution in [0, 0.1) is 5.41 Å². The van der Waals surface area contributed by atoms with Gasteiger partial charge >= 0.3 is 0 Å². The number of piperidine rings is 2. The van der Waals surface area contributed by atoms with Gasteiger partial charge in [-0.25, -0.2) is 0 Å². The second-order valence-electron chi connectivity index (χ2n) is 7.52. The molecule has 2 saturated heterocycles. The molecular formula is C17H25N3O2. The zero-order chi connectivity index (χ0) is 15.2. The molecule has 1 spiro atoms. The van der Waals surface area contributed by atoms with Gasteiger partial charge in [0.25, 0.3) is 5.91 Å². The van der Waals surface area contributed by atoms with Crippen molar-refractivity contribution in [1.29, 1.82) is 0 Å². The second-order valence-corrected chi connectivity index (χ2v) is 7.52. The predicted molar refractivity (Wildman–Crippen MR) is 82.8 cm³/mol. The number of carbonyl (C=O) groups is 1. The number of amides is 1. The summed E-state index contributed by atoms with van der Waals surface area (Å²) in [6.07, 6.45) is 7.13. The minimum Gasteiger partial charge on any atom is -0.360 e. The lowest BCUT2D eigenvalue weighted by molar-refractivity contribution is 0.0255. The smallest absolute Gasteiger partial charge is 0.276 e. The Labute approximate surface area is 131 Å². The first-order chi connectivity index (χ1) is 10.7. The van der Waals surface area contributed by atoms with Crippen LogP contribution in [-0.4, -0.2) is 54.1 Å². The molecule has 4 rings (SSSR count). The molecular weight excluding hydrogens is 278 g/mol. The highest BCUT2D eigenvalue weighted by molar-refractivity contribution is 5.92. The summed E-state index contributed by atoms with van der Waals surface area (Å²) in [7, 11) is 2.19. The Hall–Kier alpha value is -1.36. The van der Waals surface area contributed by atoms with E-state index in [1.54, 1.807) is 0 Å². The third kappa shape index (κ3) is 2.67. The van der Waals surface area contributed by atoms with E-state index in [9.17, 15) is 4.79 Å². The quantitative estimate of drug-likeness (QED) is 0.842. The summed E-state index contributed by atoms with van der Waals surface area (Å²) in [4.78, 5) is 17.2. The molecule has 2 aliphatic heterocycles. The van der Waals surface area contributed by atoms with Gasteiger partial charge in [0.1, 0.15) is 5.76 Å². The van der Waals surface area contributed by atoms with Crippen LogP contribution in [0.5, 0.6) is 0 Å². The van der Waals surface area contributed by atoms with Crippen molar-refractivity contribution < 1.29 is 9.32 Å². The van der Waals surface area contributed by atoms with Crippen molar-refractivity contribution in [2.75, 3.05) is 33.2 Å². The molecule has 1 amide bonds. The van der Waals surface area contributed by atoms with E-state index in [-0.39, 0.29) is 5.91 Å². The number of hydrogen-bond donors (Lipinski definition) is 0. The normalized spacial score (nSPS) is 25.6. The molecule has 0 N–H and O–H groups in total. The summed E-state index contributed by atoms with van der Waals surface area (Å²) in [6.45, 7) is 4.06. The van der Waals surface area contributed by atoms with Crippen LogP contribution in [0.1, 0.15) is 60.7 Å². The molecule has 0 aromatic carbocycles.